The van der Waals surface area contributed by atoms with Gasteiger partial charge in [-0.2, -0.15) is 0 Å². The van der Waals surface area contributed by atoms with E-state index in [1.54, 1.807) is 31.2 Å². The lowest BCUT2D eigenvalue weighted by Crippen LogP contribution is -2.53. The van der Waals surface area contributed by atoms with E-state index in [1.807, 2.05) is 61.5 Å². The summed E-state index contributed by atoms with van der Waals surface area (Å²) in [7, 11) is -4.35. The first kappa shape index (κ1) is 33.7. The normalized spacial score (nSPS) is 11.8. The second kappa shape index (κ2) is 15.7. The highest BCUT2D eigenvalue weighted by atomic mass is 79.9. The summed E-state index contributed by atoms with van der Waals surface area (Å²) in [5.74, 6) is -1.02. The van der Waals surface area contributed by atoms with Gasteiger partial charge >= 0.3 is 0 Å². The number of carbonyl (C=O) groups is 2. The van der Waals surface area contributed by atoms with E-state index < -0.39 is 34.3 Å². The second-order valence-corrected chi connectivity index (χ2v) is 12.9. The van der Waals surface area contributed by atoms with Crippen LogP contribution in [0, 0.1) is 5.82 Å². The van der Waals surface area contributed by atoms with E-state index >= 15 is 0 Å². The molecule has 4 aromatic rings. The summed E-state index contributed by atoms with van der Waals surface area (Å²) >= 11 is 3.43. The van der Waals surface area contributed by atoms with Gasteiger partial charge in [-0.1, -0.05) is 58.4 Å². The first-order valence-corrected chi connectivity index (χ1v) is 16.7. The lowest BCUT2D eigenvalue weighted by atomic mass is 10.0. The van der Waals surface area contributed by atoms with Gasteiger partial charge in [0.1, 0.15) is 24.2 Å². The van der Waals surface area contributed by atoms with Crippen LogP contribution in [0.3, 0.4) is 0 Å². The van der Waals surface area contributed by atoms with E-state index in [9.17, 15) is 22.4 Å². The van der Waals surface area contributed by atoms with Gasteiger partial charge < -0.3 is 15.0 Å². The highest BCUT2D eigenvalue weighted by molar-refractivity contribution is 9.10. The Morgan fingerprint density at radius 1 is 0.867 bits per heavy atom. The zero-order valence-corrected chi connectivity index (χ0v) is 27.4. The summed E-state index contributed by atoms with van der Waals surface area (Å²) in [5, 5.41) is 2.84. The van der Waals surface area contributed by atoms with Crippen molar-refractivity contribution in [2.45, 2.75) is 37.8 Å². The summed E-state index contributed by atoms with van der Waals surface area (Å²) in [5.41, 5.74) is 1.80. The predicted molar refractivity (Wildman–Crippen MR) is 176 cm³/mol. The van der Waals surface area contributed by atoms with Crippen LogP contribution in [0.25, 0.3) is 0 Å². The number of carbonyl (C=O) groups excluding carboxylic acids is 2. The Kier molecular flexibility index (Phi) is 11.7. The van der Waals surface area contributed by atoms with Crippen molar-refractivity contribution in [1.82, 2.24) is 10.2 Å². The maximum Gasteiger partial charge on any atom is 0.264 e. The molecule has 0 aliphatic rings. The smallest absolute Gasteiger partial charge is 0.264 e. The molecule has 8 nitrogen and oxygen atoms in total. The van der Waals surface area contributed by atoms with Crippen molar-refractivity contribution >= 4 is 43.5 Å². The van der Waals surface area contributed by atoms with E-state index in [4.69, 9.17) is 4.74 Å². The fourth-order valence-corrected chi connectivity index (χ4v) is 6.45. The van der Waals surface area contributed by atoms with Crippen molar-refractivity contribution in [3.05, 3.63) is 125 Å². The maximum absolute atomic E-state index is 14.4. The monoisotopic (exact) mass is 695 g/mol. The molecule has 45 heavy (non-hydrogen) atoms. The number of ether oxygens (including phenoxy) is 1. The molecule has 0 spiro atoms. The van der Waals surface area contributed by atoms with Crippen LogP contribution in [0.1, 0.15) is 25.0 Å². The number of nitrogens with one attached hydrogen (secondary N) is 1. The third-order valence-electron chi connectivity index (χ3n) is 7.00. The molecule has 0 bridgehead atoms. The molecule has 0 saturated carbocycles. The van der Waals surface area contributed by atoms with Crippen molar-refractivity contribution in [2.24, 2.45) is 0 Å². The average molecular weight is 697 g/mol. The third kappa shape index (κ3) is 8.92. The zero-order chi connectivity index (χ0) is 32.4. The lowest BCUT2D eigenvalue weighted by molar-refractivity contribution is -0.140. The van der Waals surface area contributed by atoms with E-state index in [0.29, 0.717) is 18.9 Å². The van der Waals surface area contributed by atoms with Crippen molar-refractivity contribution < 1.29 is 27.1 Å². The number of hydrogen-bond donors (Lipinski definition) is 1. The fourth-order valence-electron chi connectivity index (χ4n) is 4.77. The van der Waals surface area contributed by atoms with Crippen LogP contribution in [0.2, 0.25) is 0 Å². The Bertz CT molecular complexity index is 1670. The highest BCUT2D eigenvalue weighted by Crippen LogP contribution is 2.27. The van der Waals surface area contributed by atoms with Crippen LogP contribution in [0.15, 0.2) is 112 Å². The molecule has 2 amide bonds. The first-order chi connectivity index (χ1) is 21.6. The minimum absolute atomic E-state index is 0.0501. The van der Waals surface area contributed by atoms with Gasteiger partial charge in [-0.05, 0) is 85.6 Å². The van der Waals surface area contributed by atoms with Crippen molar-refractivity contribution in [1.29, 1.82) is 0 Å². The van der Waals surface area contributed by atoms with E-state index in [1.165, 1.54) is 4.90 Å². The summed E-state index contributed by atoms with van der Waals surface area (Å²) in [6.45, 7) is 3.83. The molecule has 236 valence electrons. The van der Waals surface area contributed by atoms with Gasteiger partial charge in [0.15, 0.2) is 0 Å². The Labute approximate surface area is 272 Å². The Morgan fingerprint density at radius 3 is 2.11 bits per heavy atom. The fraction of sp³-hybridized carbons (Fsp3) is 0.235. The molecular formula is C34H35BrFN3O5S. The van der Waals surface area contributed by atoms with Gasteiger partial charge in [0, 0.05) is 24.0 Å². The summed E-state index contributed by atoms with van der Waals surface area (Å²) in [6.07, 6.45) is 0.211. The van der Waals surface area contributed by atoms with Gasteiger partial charge in [-0.3, -0.25) is 13.9 Å². The number of anilines is 1. The number of likely N-dealkylation sites (N-methyl/N-ethyl adjacent to an activating group) is 1. The van der Waals surface area contributed by atoms with Crippen LogP contribution in [0.5, 0.6) is 5.75 Å². The minimum Gasteiger partial charge on any atom is -0.494 e. The quantitative estimate of drug-likeness (QED) is 0.176. The molecule has 0 heterocycles. The molecular weight excluding hydrogens is 661 g/mol. The molecule has 11 heteroatoms. The molecule has 1 atom stereocenters. The average Bonchev–Trinajstić information content (AvgIpc) is 3.03. The molecule has 0 aliphatic heterocycles. The van der Waals surface area contributed by atoms with Crippen LogP contribution in [-0.4, -0.2) is 50.9 Å². The number of benzene rings is 4. The lowest BCUT2D eigenvalue weighted by Gasteiger charge is -2.34. The molecule has 4 rings (SSSR count). The molecule has 4 aromatic carbocycles. The molecule has 0 aromatic heterocycles. The third-order valence-corrected chi connectivity index (χ3v) is 9.32. The summed E-state index contributed by atoms with van der Waals surface area (Å²) in [4.78, 5) is 29.2. The predicted octanol–water partition coefficient (Wildman–Crippen LogP) is 5.96. The Hall–Kier alpha value is -4.22. The standard InChI is InChI=1S/C34H35BrFN3O5S/c1-3-37-34(41)32(22-25-8-6-5-7-9-25)38(23-26-10-12-27(35)13-11-26)33(40)24-39(29-16-18-30(19-17-29)44-4-2)45(42,43)31-20-14-28(36)15-21-31/h5-21,32H,3-4,22-24H2,1-2H3,(H,37,41). The van der Waals surface area contributed by atoms with E-state index in [0.717, 1.165) is 44.2 Å². The first-order valence-electron chi connectivity index (χ1n) is 14.5. The summed E-state index contributed by atoms with van der Waals surface area (Å²) in [6, 6.07) is 26.5. The number of hydrogen-bond acceptors (Lipinski definition) is 5. The van der Waals surface area contributed by atoms with Gasteiger partial charge in [0.25, 0.3) is 10.0 Å². The van der Waals surface area contributed by atoms with E-state index in [-0.39, 0.29) is 29.5 Å². The van der Waals surface area contributed by atoms with Gasteiger partial charge in [0.2, 0.25) is 11.8 Å². The van der Waals surface area contributed by atoms with Crippen LogP contribution in [0.4, 0.5) is 10.1 Å². The Morgan fingerprint density at radius 2 is 1.51 bits per heavy atom. The van der Waals surface area contributed by atoms with Crippen LogP contribution < -0.4 is 14.4 Å². The number of amides is 2. The molecule has 0 aliphatic carbocycles. The minimum atomic E-state index is -4.35. The summed E-state index contributed by atoms with van der Waals surface area (Å²) < 4.78 is 49.1. The molecule has 0 saturated heterocycles. The highest BCUT2D eigenvalue weighted by Gasteiger charge is 2.34. The van der Waals surface area contributed by atoms with Gasteiger partial charge in [-0.15, -0.1) is 0 Å². The number of sulfonamides is 1. The van der Waals surface area contributed by atoms with Crippen LogP contribution in [-0.2, 0) is 32.6 Å². The number of rotatable bonds is 14. The SMILES string of the molecule is CCNC(=O)C(Cc1ccccc1)N(Cc1ccc(Br)cc1)C(=O)CN(c1ccc(OCC)cc1)S(=O)(=O)c1ccc(F)cc1. The largest absolute Gasteiger partial charge is 0.494 e. The molecule has 0 radical (unpaired) electrons. The molecule has 1 N–H and O–H groups in total. The van der Waals surface area contributed by atoms with Crippen LogP contribution >= 0.6 is 15.9 Å². The zero-order valence-electron chi connectivity index (χ0n) is 25.0. The van der Waals surface area contributed by atoms with Crippen molar-refractivity contribution in [3.63, 3.8) is 0 Å². The molecule has 0 fully saturated rings. The molecule has 1 unspecified atom stereocenters. The number of nitrogens with zero attached hydrogens (tertiary/aromatic N) is 2. The number of halogens is 2. The van der Waals surface area contributed by atoms with Gasteiger partial charge in [-0.25, -0.2) is 12.8 Å². The Balaban J connectivity index is 1.79. The van der Waals surface area contributed by atoms with Crippen molar-refractivity contribution in [3.8, 4) is 5.75 Å². The second-order valence-electron chi connectivity index (χ2n) is 10.1. The topological polar surface area (TPSA) is 96.0 Å². The van der Waals surface area contributed by atoms with E-state index in [2.05, 4.69) is 21.2 Å². The van der Waals surface area contributed by atoms with Gasteiger partial charge in [0.05, 0.1) is 17.2 Å². The van der Waals surface area contributed by atoms with Crippen molar-refractivity contribution in [2.75, 3.05) is 24.0 Å². The maximum atomic E-state index is 14.4.